The molecule has 252 valence electrons. The maximum absolute atomic E-state index is 14.5. The third-order valence-corrected chi connectivity index (χ3v) is 8.59. The van der Waals surface area contributed by atoms with Crippen molar-refractivity contribution in [2.75, 3.05) is 50.3 Å². The van der Waals surface area contributed by atoms with Crippen LogP contribution in [-0.4, -0.2) is 55.1 Å². The van der Waals surface area contributed by atoms with Crippen molar-refractivity contribution in [3.8, 4) is 0 Å². The molecule has 4 aliphatic rings. The zero-order chi connectivity index (χ0) is 36.0. The molecule has 0 saturated heterocycles. The molecule has 4 aromatic carbocycles. The molecule has 6 amide bonds. The van der Waals surface area contributed by atoms with E-state index in [2.05, 4.69) is 35.7 Å². The fourth-order valence-corrected chi connectivity index (χ4v) is 6.29. The van der Waals surface area contributed by atoms with Crippen molar-refractivity contribution in [1.82, 2.24) is 0 Å². The first-order valence-corrected chi connectivity index (χ1v) is 15.9. The van der Waals surface area contributed by atoms with Crippen molar-refractivity contribution in [2.45, 2.75) is 0 Å². The first-order chi connectivity index (χ1) is 24.6. The maximum atomic E-state index is 14.5. The molecule has 0 aromatic heterocycles. The summed E-state index contributed by atoms with van der Waals surface area (Å²) in [6.45, 7) is 11.3. The fraction of sp³-hybridized carbons (Fsp3) is 0.0769. The Balaban J connectivity index is 1.67. The molecule has 3 N–H and O–H groups in total. The molecule has 0 saturated carbocycles. The summed E-state index contributed by atoms with van der Waals surface area (Å²) in [7, 11) is 0. The van der Waals surface area contributed by atoms with Gasteiger partial charge in [0.1, 0.15) is 0 Å². The van der Waals surface area contributed by atoms with E-state index in [9.17, 15) is 28.8 Å². The smallest absolute Gasteiger partial charge is 0.258 e. The van der Waals surface area contributed by atoms with Crippen molar-refractivity contribution in [3.05, 3.63) is 144 Å². The number of benzene rings is 4. The highest BCUT2D eigenvalue weighted by Gasteiger charge is 2.29. The van der Waals surface area contributed by atoms with E-state index in [-0.39, 0.29) is 87.1 Å². The van der Waals surface area contributed by atoms with Gasteiger partial charge in [-0.05, 0) is 72.8 Å². The van der Waals surface area contributed by atoms with Crippen LogP contribution in [0.5, 0.6) is 0 Å². The number of amides is 6. The molecule has 12 bridgehead atoms. The summed E-state index contributed by atoms with van der Waals surface area (Å²) in [4.78, 5) is 89.4. The van der Waals surface area contributed by atoms with Crippen LogP contribution in [0.2, 0.25) is 0 Å². The van der Waals surface area contributed by atoms with E-state index in [0.29, 0.717) is 0 Å². The highest BCUT2D eigenvalue weighted by atomic mass is 16.2. The minimum absolute atomic E-state index is 0.00150. The van der Waals surface area contributed by atoms with Crippen LogP contribution < -0.4 is 30.7 Å². The van der Waals surface area contributed by atoms with Crippen molar-refractivity contribution in [1.29, 1.82) is 0 Å². The first kappa shape index (κ1) is 32.5. The van der Waals surface area contributed by atoms with Gasteiger partial charge in [-0.1, -0.05) is 18.2 Å². The number of carbonyl (C=O) groups excluding carboxylic acids is 6. The summed E-state index contributed by atoms with van der Waals surface area (Å²) < 4.78 is 0. The Bertz CT molecular complexity index is 2010. The zero-order valence-corrected chi connectivity index (χ0v) is 27.2. The van der Waals surface area contributed by atoms with Crippen molar-refractivity contribution in [3.63, 3.8) is 0 Å². The summed E-state index contributed by atoms with van der Waals surface area (Å²) in [6, 6.07) is 17.6. The molecule has 51 heavy (non-hydrogen) atoms. The number of hydrogen-bond donors (Lipinski definition) is 3. The lowest BCUT2D eigenvalue weighted by molar-refractivity contribution is 0.0980. The van der Waals surface area contributed by atoms with Crippen LogP contribution in [0.15, 0.2) is 111 Å². The molecule has 4 heterocycles. The molecular formula is C39H30N6O6. The lowest BCUT2D eigenvalue weighted by atomic mass is 10.0. The predicted octanol–water partition coefficient (Wildman–Crippen LogP) is 5.88. The Labute approximate surface area is 292 Å². The Morgan fingerprint density at radius 3 is 0.922 bits per heavy atom. The highest BCUT2D eigenvalue weighted by Crippen LogP contribution is 2.33. The first-order valence-electron chi connectivity index (χ1n) is 15.9. The van der Waals surface area contributed by atoms with E-state index in [1.165, 1.54) is 106 Å². The van der Waals surface area contributed by atoms with E-state index in [0.717, 1.165) is 0 Å². The quantitative estimate of drug-likeness (QED) is 0.217. The van der Waals surface area contributed by atoms with Crippen LogP contribution in [0.3, 0.4) is 0 Å². The van der Waals surface area contributed by atoms with Crippen molar-refractivity contribution < 1.29 is 28.8 Å². The van der Waals surface area contributed by atoms with Gasteiger partial charge in [0, 0.05) is 87.1 Å². The van der Waals surface area contributed by atoms with E-state index in [4.69, 9.17) is 0 Å². The second-order valence-electron chi connectivity index (χ2n) is 12.1. The molecule has 4 aromatic rings. The Morgan fingerprint density at radius 2 is 0.667 bits per heavy atom. The van der Waals surface area contributed by atoms with E-state index in [1.807, 2.05) is 0 Å². The third-order valence-electron chi connectivity index (χ3n) is 8.59. The number of fused-ring (bicyclic) bond motifs is 6. The van der Waals surface area contributed by atoms with Gasteiger partial charge in [-0.2, -0.15) is 0 Å². The fourth-order valence-electron chi connectivity index (χ4n) is 6.29. The monoisotopic (exact) mass is 678 g/mol. The normalized spacial score (nSPS) is 14.9. The minimum atomic E-state index is -0.623. The predicted molar refractivity (Wildman–Crippen MR) is 195 cm³/mol. The molecule has 0 fully saturated rings. The van der Waals surface area contributed by atoms with Gasteiger partial charge in [-0.25, -0.2) is 0 Å². The van der Waals surface area contributed by atoms with Gasteiger partial charge in [0.15, 0.2) is 0 Å². The number of nitrogens with zero attached hydrogens (tertiary/aromatic N) is 3. The van der Waals surface area contributed by atoms with Crippen LogP contribution in [0.25, 0.3) is 0 Å². The second kappa shape index (κ2) is 12.7. The van der Waals surface area contributed by atoms with Crippen molar-refractivity contribution in [2.24, 2.45) is 0 Å². The molecule has 4 aliphatic heterocycles. The van der Waals surface area contributed by atoms with Gasteiger partial charge in [0.2, 0.25) is 0 Å². The van der Waals surface area contributed by atoms with Crippen molar-refractivity contribution >= 4 is 69.6 Å². The van der Waals surface area contributed by atoms with Crippen LogP contribution in [-0.2, 0) is 0 Å². The van der Waals surface area contributed by atoms with Gasteiger partial charge < -0.3 is 30.7 Å². The molecular weight excluding hydrogens is 648 g/mol. The molecule has 8 rings (SSSR count). The molecule has 0 unspecified atom stereocenters. The topological polar surface area (TPSA) is 148 Å². The number of rotatable bonds is 6. The average molecular weight is 679 g/mol. The van der Waals surface area contributed by atoms with Gasteiger partial charge in [0.25, 0.3) is 35.4 Å². The lowest BCUT2D eigenvalue weighted by Gasteiger charge is -2.25. The summed E-state index contributed by atoms with van der Waals surface area (Å²) in [5.41, 5.74) is 1.45. The van der Waals surface area contributed by atoms with Gasteiger partial charge in [-0.3, -0.25) is 28.8 Å². The molecule has 12 nitrogen and oxygen atoms in total. The van der Waals surface area contributed by atoms with E-state index >= 15 is 0 Å². The van der Waals surface area contributed by atoms with E-state index < -0.39 is 35.4 Å². The number of carbonyl (C=O) groups is 6. The Morgan fingerprint density at radius 1 is 0.392 bits per heavy atom. The third kappa shape index (κ3) is 5.95. The van der Waals surface area contributed by atoms with Crippen LogP contribution in [0.4, 0.5) is 34.1 Å². The largest absolute Gasteiger partial charge is 0.322 e. The van der Waals surface area contributed by atoms with Gasteiger partial charge >= 0.3 is 0 Å². The molecule has 0 spiro atoms. The van der Waals surface area contributed by atoms with E-state index in [1.54, 1.807) is 0 Å². The summed E-state index contributed by atoms with van der Waals surface area (Å²) in [6.07, 6.45) is 4.47. The standard InChI is InChI=1S/C39H30N6O6/c1-4-7-43-31-16-22-13-28(19-31)40-35(47)23-14-30-21-32(17-23)44(8-5-2)38(50)26-10-25(37(43)49)11-27(12-26)39(51)45(9-6-3)33-18-24(36(48)42-30)15-29(20-33)41-34(22)46/h4-6,10-21H,1-3,7-9H2,(H,40,47)(H,41,46)(H,42,48). The average Bonchev–Trinajstić information content (AvgIpc) is 3.12. The Kier molecular flexibility index (Phi) is 8.11. The number of hydrogen-bond acceptors (Lipinski definition) is 6. The van der Waals surface area contributed by atoms with Gasteiger partial charge in [-0.15, -0.1) is 19.7 Å². The van der Waals surface area contributed by atoms with Gasteiger partial charge in [0.05, 0.1) is 0 Å². The summed E-state index contributed by atoms with van der Waals surface area (Å²) in [5.74, 6) is -3.70. The second-order valence-corrected chi connectivity index (χ2v) is 12.1. The lowest BCUT2D eigenvalue weighted by Crippen LogP contribution is -2.35. The molecule has 0 radical (unpaired) electrons. The zero-order valence-electron chi connectivity index (χ0n) is 27.2. The molecule has 0 atom stereocenters. The molecule has 12 heteroatoms. The SMILES string of the molecule is C=CCN1C(=O)c2cc3cc(c2)C(=O)N(CC=C)c2cc4cc(c2)C(=O)Nc2cc(cc(c2)N(CC=C)C3=O)C(=O)Nc2cc(cc1c2)C(=O)N4. The minimum Gasteiger partial charge on any atom is -0.322 e. The highest BCUT2D eigenvalue weighted by molar-refractivity contribution is 6.18. The van der Waals surface area contributed by atoms with Crippen LogP contribution in [0, 0.1) is 0 Å². The summed E-state index contributed by atoms with van der Waals surface area (Å²) in [5, 5.41) is 8.45. The van der Waals surface area contributed by atoms with Crippen LogP contribution in [0.1, 0.15) is 62.1 Å². The summed E-state index contributed by atoms with van der Waals surface area (Å²) >= 11 is 0. The molecule has 0 aliphatic carbocycles. The number of anilines is 6. The Hall–Kier alpha value is -7.08. The maximum Gasteiger partial charge on any atom is 0.258 e. The number of nitrogens with one attached hydrogen (secondary N) is 3. The van der Waals surface area contributed by atoms with Crippen LogP contribution >= 0.6 is 0 Å².